The lowest BCUT2D eigenvalue weighted by molar-refractivity contribution is -0.182. The van der Waals surface area contributed by atoms with Gasteiger partial charge in [0.25, 0.3) is 0 Å². The Bertz CT molecular complexity index is 987. The van der Waals surface area contributed by atoms with Gasteiger partial charge in [-0.2, -0.15) is 0 Å². The molecule has 1 N–H and O–H groups in total. The molecule has 0 aromatic heterocycles. The number of ether oxygens (including phenoxy) is 4. The quantitative estimate of drug-likeness (QED) is 0.506. The molecule has 5 rings (SSSR count). The summed E-state index contributed by atoms with van der Waals surface area (Å²) < 4.78 is 25.5. The average Bonchev–Trinajstić information content (AvgIpc) is 3.13. The molecular weight excluding hydrogens is 436 g/mol. The number of thioether (sulfide) groups is 1. The van der Waals surface area contributed by atoms with Crippen LogP contribution in [-0.4, -0.2) is 47.7 Å². The van der Waals surface area contributed by atoms with Crippen LogP contribution in [0.2, 0.25) is 0 Å². The molecular formula is C27H28O5S. The van der Waals surface area contributed by atoms with Crippen LogP contribution in [0.1, 0.15) is 11.1 Å². The largest absolute Gasteiger partial charge is 0.394 e. The summed E-state index contributed by atoms with van der Waals surface area (Å²) >= 11 is 1.62. The van der Waals surface area contributed by atoms with Crippen molar-refractivity contribution < 1.29 is 24.1 Å². The maximum atomic E-state index is 9.98. The maximum Gasteiger partial charge on any atom is 0.137 e. The second-order valence-electron chi connectivity index (χ2n) is 8.24. The van der Waals surface area contributed by atoms with Crippen LogP contribution in [0.5, 0.6) is 0 Å². The minimum absolute atomic E-state index is 0.125. The highest BCUT2D eigenvalue weighted by Gasteiger charge is 2.57. The third-order valence-electron chi connectivity index (χ3n) is 5.98. The van der Waals surface area contributed by atoms with Crippen molar-refractivity contribution in [2.24, 2.45) is 0 Å². The molecule has 0 unspecified atom stereocenters. The molecule has 2 saturated heterocycles. The third-order valence-corrected chi connectivity index (χ3v) is 7.13. The monoisotopic (exact) mass is 464 g/mol. The number of rotatable bonds is 9. The second kappa shape index (κ2) is 10.8. The summed E-state index contributed by atoms with van der Waals surface area (Å²) in [6, 6.07) is 30.3. The molecule has 3 aromatic rings. The summed E-state index contributed by atoms with van der Waals surface area (Å²) in [6.45, 7) is 0.770. The van der Waals surface area contributed by atoms with Gasteiger partial charge in [0.05, 0.1) is 19.8 Å². The number of hydrogen-bond acceptors (Lipinski definition) is 6. The van der Waals surface area contributed by atoms with E-state index in [1.165, 1.54) is 0 Å². The van der Waals surface area contributed by atoms with Crippen molar-refractivity contribution in [3.63, 3.8) is 0 Å². The standard InChI is InChI=1S/C27H28O5S/c28-16-22-23-24(29-17-19-10-4-1-5-11-19)25(31-22)26(30-18-20-12-6-2-7-13-20)27(32-23)33-21-14-8-3-9-15-21/h1-15,22-28H,16-18H2/t22-,23+,24+,25-,26-,27+/m0/s1. The van der Waals surface area contributed by atoms with Gasteiger partial charge in [0.15, 0.2) is 0 Å². The summed E-state index contributed by atoms with van der Waals surface area (Å²) in [5.41, 5.74) is 1.89. The second-order valence-corrected chi connectivity index (χ2v) is 9.42. The molecule has 0 aliphatic carbocycles. The predicted octanol–water partition coefficient (Wildman–Crippen LogP) is 4.43. The van der Waals surface area contributed by atoms with Gasteiger partial charge in [-0.15, -0.1) is 0 Å². The summed E-state index contributed by atoms with van der Waals surface area (Å²) in [5, 5.41) is 9.98. The summed E-state index contributed by atoms with van der Waals surface area (Å²) in [4.78, 5) is 1.10. The average molecular weight is 465 g/mol. The molecule has 172 valence electrons. The van der Waals surface area contributed by atoms with E-state index in [1.807, 2.05) is 78.9 Å². The zero-order chi connectivity index (χ0) is 22.5. The summed E-state index contributed by atoms with van der Waals surface area (Å²) in [5.74, 6) is 0. The lowest BCUT2D eigenvalue weighted by atomic mass is 10.00. The van der Waals surface area contributed by atoms with Gasteiger partial charge >= 0.3 is 0 Å². The molecule has 6 atom stereocenters. The fourth-order valence-electron chi connectivity index (χ4n) is 4.34. The Morgan fingerprint density at radius 2 is 1.21 bits per heavy atom. The highest BCUT2D eigenvalue weighted by molar-refractivity contribution is 7.99. The van der Waals surface area contributed by atoms with Crippen molar-refractivity contribution in [1.29, 1.82) is 0 Å². The highest BCUT2D eigenvalue weighted by atomic mass is 32.2. The zero-order valence-corrected chi connectivity index (χ0v) is 19.1. The van der Waals surface area contributed by atoms with Gasteiger partial charge in [-0.05, 0) is 23.3 Å². The van der Waals surface area contributed by atoms with E-state index < -0.39 is 6.10 Å². The normalized spacial score (nSPS) is 28.6. The SMILES string of the molecule is OC[C@@H]1O[C@H]2[C@H](OCc3ccccc3)[C@@H]1O[C@H](Sc1ccccc1)[C@H]2OCc1ccccc1. The fraction of sp³-hybridized carbons (Fsp3) is 0.333. The van der Waals surface area contributed by atoms with Crippen molar-refractivity contribution >= 4 is 11.8 Å². The van der Waals surface area contributed by atoms with E-state index in [4.69, 9.17) is 18.9 Å². The van der Waals surface area contributed by atoms with Crippen LogP contribution >= 0.6 is 11.8 Å². The number of fused-ring (bicyclic) bond motifs is 2. The fourth-order valence-corrected chi connectivity index (χ4v) is 5.48. The van der Waals surface area contributed by atoms with Gasteiger partial charge in [-0.1, -0.05) is 90.6 Å². The number of aliphatic hydroxyl groups is 1. The molecule has 2 aliphatic heterocycles. The first-order valence-corrected chi connectivity index (χ1v) is 12.1. The number of aliphatic hydroxyl groups excluding tert-OH is 1. The Kier molecular flexibility index (Phi) is 7.41. The Hall–Kier alpha value is -2.19. The lowest BCUT2D eigenvalue weighted by Gasteiger charge is -2.39. The molecule has 5 nitrogen and oxygen atoms in total. The third kappa shape index (κ3) is 5.32. The Balaban J connectivity index is 1.37. The predicted molar refractivity (Wildman–Crippen MR) is 127 cm³/mol. The molecule has 0 amide bonds. The van der Waals surface area contributed by atoms with Gasteiger partial charge in [-0.25, -0.2) is 0 Å². The van der Waals surface area contributed by atoms with E-state index in [1.54, 1.807) is 11.8 Å². The first-order valence-electron chi connectivity index (χ1n) is 11.3. The molecule has 0 spiro atoms. The van der Waals surface area contributed by atoms with Crippen LogP contribution in [0.4, 0.5) is 0 Å². The minimum Gasteiger partial charge on any atom is -0.394 e. The van der Waals surface area contributed by atoms with Crippen LogP contribution in [0.25, 0.3) is 0 Å². The molecule has 0 saturated carbocycles. The van der Waals surface area contributed by atoms with Crippen LogP contribution in [-0.2, 0) is 32.2 Å². The minimum atomic E-state index is -0.444. The molecule has 2 bridgehead atoms. The van der Waals surface area contributed by atoms with E-state index in [-0.39, 0.29) is 36.5 Å². The van der Waals surface area contributed by atoms with Crippen molar-refractivity contribution in [3.8, 4) is 0 Å². The summed E-state index contributed by atoms with van der Waals surface area (Å²) in [7, 11) is 0. The van der Waals surface area contributed by atoms with E-state index in [9.17, 15) is 5.11 Å². The van der Waals surface area contributed by atoms with Gasteiger partial charge in [0.2, 0.25) is 0 Å². The van der Waals surface area contributed by atoms with Gasteiger partial charge in [-0.3, -0.25) is 0 Å². The first kappa shape index (κ1) is 22.6. The van der Waals surface area contributed by atoms with Crippen LogP contribution in [0.15, 0.2) is 95.9 Å². The van der Waals surface area contributed by atoms with Crippen LogP contribution in [0, 0.1) is 0 Å². The van der Waals surface area contributed by atoms with Gasteiger partial charge < -0.3 is 24.1 Å². The van der Waals surface area contributed by atoms with E-state index in [0.29, 0.717) is 13.2 Å². The topological polar surface area (TPSA) is 57.2 Å². The van der Waals surface area contributed by atoms with E-state index >= 15 is 0 Å². The number of benzene rings is 3. The molecule has 2 aliphatic rings. The Labute approximate surface area is 198 Å². The van der Waals surface area contributed by atoms with Crippen molar-refractivity contribution in [3.05, 3.63) is 102 Å². The first-order chi connectivity index (χ1) is 16.3. The smallest absolute Gasteiger partial charge is 0.137 e. The Morgan fingerprint density at radius 3 is 1.79 bits per heavy atom. The maximum absolute atomic E-state index is 9.98. The zero-order valence-electron chi connectivity index (χ0n) is 18.2. The summed E-state index contributed by atoms with van der Waals surface area (Å²) in [6.07, 6.45) is -1.82. The molecule has 2 heterocycles. The van der Waals surface area contributed by atoms with Gasteiger partial charge in [0.1, 0.15) is 36.0 Å². The Morgan fingerprint density at radius 1 is 0.667 bits per heavy atom. The molecule has 6 heteroatoms. The van der Waals surface area contributed by atoms with Crippen molar-refractivity contribution in [2.45, 2.75) is 54.1 Å². The molecule has 0 radical (unpaired) electrons. The molecule has 2 fully saturated rings. The van der Waals surface area contributed by atoms with Crippen molar-refractivity contribution in [1.82, 2.24) is 0 Å². The molecule has 3 aromatic carbocycles. The number of hydrogen-bond donors (Lipinski definition) is 1. The molecule has 33 heavy (non-hydrogen) atoms. The van der Waals surface area contributed by atoms with Crippen LogP contribution < -0.4 is 0 Å². The van der Waals surface area contributed by atoms with E-state index in [2.05, 4.69) is 12.1 Å². The lowest BCUT2D eigenvalue weighted by Crippen LogP contribution is -2.54. The van der Waals surface area contributed by atoms with Crippen molar-refractivity contribution in [2.75, 3.05) is 6.61 Å². The van der Waals surface area contributed by atoms with Gasteiger partial charge in [0, 0.05) is 4.90 Å². The highest BCUT2D eigenvalue weighted by Crippen LogP contribution is 2.43. The van der Waals surface area contributed by atoms with E-state index in [0.717, 1.165) is 16.0 Å². The van der Waals surface area contributed by atoms with Crippen LogP contribution in [0.3, 0.4) is 0 Å².